The third-order valence-corrected chi connectivity index (χ3v) is 12.3. The molecule has 0 aliphatic carbocycles. The molecule has 0 saturated heterocycles. The maximum atomic E-state index is 12.7. The zero-order valence-corrected chi connectivity index (χ0v) is 19.2. The van der Waals surface area contributed by atoms with Crippen molar-refractivity contribution in [1.82, 2.24) is 4.57 Å². The monoisotopic (exact) mass is 361 g/mol. The molecule has 0 saturated carbocycles. The van der Waals surface area contributed by atoms with E-state index in [1.54, 1.807) is 4.57 Å². The highest BCUT2D eigenvalue weighted by atomic mass is 28.5. The Hall–Kier alpha value is -0.219. The summed E-state index contributed by atoms with van der Waals surface area (Å²) in [6.45, 7) is 18.9. The van der Waals surface area contributed by atoms with Crippen LogP contribution < -0.4 is 0 Å². The Kier molecular flexibility index (Phi) is 7.97. The molecule has 0 aromatic carbocycles. The quantitative estimate of drug-likeness (QED) is 0.473. The van der Waals surface area contributed by atoms with E-state index in [9.17, 15) is 4.79 Å². The van der Waals surface area contributed by atoms with Crippen LogP contribution in [0.25, 0.3) is 0 Å². The van der Waals surface area contributed by atoms with Gasteiger partial charge in [-0.2, -0.15) is 0 Å². The Morgan fingerprint density at radius 1 is 1.00 bits per heavy atom. The Labute approximate surface area is 140 Å². The number of rotatable bonds is 8. The maximum absolute atomic E-state index is 12.7. The van der Waals surface area contributed by atoms with Crippen LogP contribution in [-0.4, -0.2) is 42.9 Å². The molecule has 0 aliphatic heterocycles. The van der Waals surface area contributed by atoms with Gasteiger partial charge in [0, 0.05) is 12.6 Å². The molecule has 0 radical (unpaired) electrons. The molecule has 0 spiro atoms. The van der Waals surface area contributed by atoms with E-state index in [0.29, 0.717) is 0 Å². The molecule has 0 atom stereocenters. The number of amides is 1. The van der Waals surface area contributed by atoms with Crippen molar-refractivity contribution in [2.24, 2.45) is 0 Å². The first-order valence-corrected chi connectivity index (χ1v) is 17.1. The number of nitrogens with zero attached hydrogens (tertiary/aromatic N) is 1. The van der Waals surface area contributed by atoms with Crippen LogP contribution in [0, 0.1) is 0 Å². The van der Waals surface area contributed by atoms with Crippen LogP contribution in [-0.2, 0) is 13.0 Å². The Morgan fingerprint density at radius 2 is 1.41 bits per heavy atom. The summed E-state index contributed by atoms with van der Waals surface area (Å²) in [5, 5.41) is 0. The van der Waals surface area contributed by atoms with Crippen LogP contribution in [0.15, 0.2) is 11.6 Å². The van der Waals surface area contributed by atoms with Crippen molar-refractivity contribution in [3.63, 3.8) is 0 Å². The molecular weight excluding hydrogens is 326 g/mol. The van der Waals surface area contributed by atoms with Gasteiger partial charge in [-0.1, -0.05) is 19.4 Å². The van der Waals surface area contributed by atoms with E-state index >= 15 is 0 Å². The van der Waals surface area contributed by atoms with E-state index in [-0.39, 0.29) is 5.91 Å². The van der Waals surface area contributed by atoms with Crippen LogP contribution in [0.4, 0.5) is 0 Å². The van der Waals surface area contributed by atoms with Gasteiger partial charge in [0.25, 0.3) is 0 Å². The zero-order chi connectivity index (χ0) is 17.8. The Morgan fingerprint density at radius 3 is 1.73 bits per heavy atom. The molecule has 0 unspecified atom stereocenters. The zero-order valence-electron chi connectivity index (χ0n) is 16.2. The lowest BCUT2D eigenvalue weighted by Gasteiger charge is -2.43. The van der Waals surface area contributed by atoms with Crippen molar-refractivity contribution >= 4 is 31.3 Å². The van der Waals surface area contributed by atoms with E-state index < -0.39 is 25.4 Å². The first-order valence-electron chi connectivity index (χ1n) is 8.07. The second-order valence-electron chi connectivity index (χ2n) is 7.87. The van der Waals surface area contributed by atoms with Crippen LogP contribution in [0.2, 0.25) is 45.8 Å². The van der Waals surface area contributed by atoms with Gasteiger partial charge in [0.05, 0.1) is 0 Å². The van der Waals surface area contributed by atoms with Crippen LogP contribution >= 0.6 is 0 Å². The molecule has 7 heteroatoms. The SMILES string of the molecule is CCCC=C(C)C(=O)N(C)[Si](C)(O[Si](C)(C)C)O[Si](C)(C)C. The first-order chi connectivity index (χ1) is 9.72. The minimum Gasteiger partial charge on any atom is -0.421 e. The highest BCUT2D eigenvalue weighted by molar-refractivity contribution is 6.87. The molecule has 0 aromatic rings. The van der Waals surface area contributed by atoms with Gasteiger partial charge in [-0.3, -0.25) is 4.79 Å². The summed E-state index contributed by atoms with van der Waals surface area (Å²) in [6, 6.07) is 0. The standard InChI is InChI=1S/C15H35NO3Si3/c1-11-12-13-14(2)15(17)16(3)22(10,18-20(4,5)6)19-21(7,8)9/h13H,11-12H2,1-10H3. The summed E-state index contributed by atoms with van der Waals surface area (Å²) in [5.74, 6) is 0.0270. The number of carbonyl (C=O) groups excluding carboxylic acids is 1. The highest BCUT2D eigenvalue weighted by Gasteiger charge is 2.47. The molecule has 130 valence electrons. The fraction of sp³-hybridized carbons (Fsp3) is 0.800. The average Bonchev–Trinajstić information content (AvgIpc) is 2.29. The lowest BCUT2D eigenvalue weighted by atomic mass is 10.2. The second-order valence-corrected chi connectivity index (χ2v) is 20.4. The number of hydrogen-bond donors (Lipinski definition) is 0. The Balaban J connectivity index is 5.45. The average molecular weight is 362 g/mol. The first kappa shape index (κ1) is 21.8. The van der Waals surface area contributed by atoms with Gasteiger partial charge < -0.3 is 12.8 Å². The summed E-state index contributed by atoms with van der Waals surface area (Å²) in [4.78, 5) is 12.7. The minimum absolute atomic E-state index is 0.0270. The molecular formula is C15H35NO3Si3. The fourth-order valence-electron chi connectivity index (χ4n) is 2.19. The van der Waals surface area contributed by atoms with Crippen molar-refractivity contribution in [2.75, 3.05) is 7.05 Å². The van der Waals surface area contributed by atoms with Crippen LogP contribution in [0.5, 0.6) is 0 Å². The van der Waals surface area contributed by atoms with Gasteiger partial charge in [0.2, 0.25) is 5.91 Å². The summed E-state index contributed by atoms with van der Waals surface area (Å²) < 4.78 is 14.6. The van der Waals surface area contributed by atoms with Crippen molar-refractivity contribution in [3.8, 4) is 0 Å². The molecule has 22 heavy (non-hydrogen) atoms. The second kappa shape index (κ2) is 8.05. The van der Waals surface area contributed by atoms with Gasteiger partial charge >= 0.3 is 8.72 Å². The molecule has 0 rings (SSSR count). The van der Waals surface area contributed by atoms with E-state index in [1.165, 1.54) is 0 Å². The van der Waals surface area contributed by atoms with E-state index in [2.05, 4.69) is 46.2 Å². The van der Waals surface area contributed by atoms with E-state index in [1.807, 2.05) is 26.6 Å². The maximum Gasteiger partial charge on any atom is 0.437 e. The number of allylic oxidation sites excluding steroid dienone is 1. The van der Waals surface area contributed by atoms with Gasteiger partial charge in [-0.25, -0.2) is 0 Å². The van der Waals surface area contributed by atoms with Crippen LogP contribution in [0.3, 0.4) is 0 Å². The summed E-state index contributed by atoms with van der Waals surface area (Å²) >= 11 is 0. The minimum atomic E-state index is -2.72. The Bertz CT molecular complexity index is 395. The van der Waals surface area contributed by atoms with Crippen LogP contribution in [0.1, 0.15) is 26.7 Å². The smallest absolute Gasteiger partial charge is 0.421 e. The predicted molar refractivity (Wildman–Crippen MR) is 102 cm³/mol. The van der Waals surface area contributed by atoms with E-state index in [4.69, 9.17) is 8.23 Å². The number of unbranched alkanes of at least 4 members (excludes halogenated alkanes) is 1. The number of likely N-dealkylation sites (N-methyl/N-ethyl adjacent to an activating group) is 1. The molecule has 0 fully saturated rings. The number of hydrogen-bond acceptors (Lipinski definition) is 3. The molecule has 4 nitrogen and oxygen atoms in total. The van der Waals surface area contributed by atoms with Crippen molar-refractivity contribution in [1.29, 1.82) is 0 Å². The normalized spacial score (nSPS) is 14.2. The third-order valence-electron chi connectivity index (χ3n) is 2.98. The summed E-state index contributed by atoms with van der Waals surface area (Å²) in [5.41, 5.74) is 0.779. The van der Waals surface area contributed by atoms with Crippen molar-refractivity contribution in [3.05, 3.63) is 11.6 Å². The van der Waals surface area contributed by atoms with Gasteiger partial charge in [0.15, 0.2) is 16.6 Å². The highest BCUT2D eigenvalue weighted by Crippen LogP contribution is 2.24. The molecule has 0 bridgehead atoms. The molecule has 0 N–H and O–H groups in total. The van der Waals surface area contributed by atoms with Gasteiger partial charge in [-0.15, -0.1) is 0 Å². The largest absolute Gasteiger partial charge is 0.437 e. The van der Waals surface area contributed by atoms with E-state index in [0.717, 1.165) is 18.4 Å². The molecule has 0 aliphatic rings. The van der Waals surface area contributed by atoms with Crippen molar-refractivity contribution < 1.29 is 13.0 Å². The lowest BCUT2D eigenvalue weighted by Crippen LogP contribution is -2.64. The lowest BCUT2D eigenvalue weighted by molar-refractivity contribution is -0.123. The van der Waals surface area contributed by atoms with Gasteiger partial charge in [-0.05, 0) is 59.2 Å². The summed E-state index contributed by atoms with van der Waals surface area (Å²) in [7, 11) is -4.52. The predicted octanol–water partition coefficient (Wildman–Crippen LogP) is 4.46. The molecule has 0 heterocycles. The van der Waals surface area contributed by atoms with Gasteiger partial charge in [0.1, 0.15) is 0 Å². The number of carbonyl (C=O) groups is 1. The molecule has 0 aromatic heterocycles. The topological polar surface area (TPSA) is 38.8 Å². The third kappa shape index (κ3) is 7.87. The fourth-order valence-corrected chi connectivity index (χ4v) is 13.5. The summed E-state index contributed by atoms with van der Waals surface area (Å²) in [6.07, 6.45) is 3.98. The molecule has 1 amide bonds. The van der Waals surface area contributed by atoms with Crippen molar-refractivity contribution in [2.45, 2.75) is 72.5 Å².